The summed E-state index contributed by atoms with van der Waals surface area (Å²) in [6.45, 7) is 0.922. The first-order valence-electron chi connectivity index (χ1n) is 5.61. The van der Waals surface area contributed by atoms with Crippen molar-refractivity contribution in [3.63, 3.8) is 0 Å². The molecule has 0 unspecified atom stereocenters. The highest BCUT2D eigenvalue weighted by atomic mass is 35.5. The zero-order chi connectivity index (χ0) is 12.3. The molecule has 0 aliphatic heterocycles. The normalized spacial score (nSPS) is 13.9. The zero-order valence-corrected chi connectivity index (χ0v) is 10.5. The molecule has 2 rings (SSSR count). The van der Waals surface area contributed by atoms with Crippen LogP contribution in [0, 0.1) is 17.6 Å². The maximum atomic E-state index is 13.2. The second-order valence-corrected chi connectivity index (χ2v) is 4.22. The van der Waals surface area contributed by atoms with Gasteiger partial charge in [-0.25, -0.2) is 8.78 Å². The Labute approximate surface area is 110 Å². The van der Waals surface area contributed by atoms with Gasteiger partial charge in [0.25, 0.3) is 0 Å². The highest BCUT2D eigenvalue weighted by Gasteiger charge is 2.20. The number of hydrogen-bond donors (Lipinski definition) is 2. The fraction of sp³-hybridized carbons (Fsp3) is 0.417. The van der Waals surface area contributed by atoms with E-state index < -0.39 is 11.6 Å². The molecular weight excluding hydrogens is 262 g/mol. The van der Waals surface area contributed by atoms with Crippen LogP contribution in [0.25, 0.3) is 0 Å². The van der Waals surface area contributed by atoms with Crippen LogP contribution in [0.4, 0.5) is 14.5 Å². The Morgan fingerprint density at radius 2 is 2.06 bits per heavy atom. The van der Waals surface area contributed by atoms with E-state index >= 15 is 0 Å². The van der Waals surface area contributed by atoms with Crippen LogP contribution < -0.4 is 10.6 Å². The number of rotatable bonds is 5. The fourth-order valence-corrected chi connectivity index (χ4v) is 1.51. The second kappa shape index (κ2) is 6.66. The molecule has 1 aliphatic rings. The van der Waals surface area contributed by atoms with Crippen LogP contribution in [0.5, 0.6) is 0 Å². The zero-order valence-electron chi connectivity index (χ0n) is 9.71. The van der Waals surface area contributed by atoms with Gasteiger partial charge in [-0.1, -0.05) is 6.07 Å². The van der Waals surface area contributed by atoms with E-state index in [9.17, 15) is 13.6 Å². The van der Waals surface area contributed by atoms with Crippen LogP contribution in [0.3, 0.4) is 0 Å². The first kappa shape index (κ1) is 14.9. The third-order valence-corrected chi connectivity index (χ3v) is 2.64. The number of benzene rings is 1. The van der Waals surface area contributed by atoms with Crippen molar-refractivity contribution in [2.75, 3.05) is 18.4 Å². The van der Waals surface area contributed by atoms with Crippen molar-refractivity contribution in [2.45, 2.75) is 12.8 Å². The van der Waals surface area contributed by atoms with Gasteiger partial charge in [0, 0.05) is 0 Å². The van der Waals surface area contributed by atoms with Crippen molar-refractivity contribution in [3.05, 3.63) is 29.8 Å². The summed E-state index contributed by atoms with van der Waals surface area (Å²) < 4.78 is 26.1. The molecule has 18 heavy (non-hydrogen) atoms. The summed E-state index contributed by atoms with van der Waals surface area (Å²) in [5.41, 5.74) is -0.122. The third-order valence-electron chi connectivity index (χ3n) is 2.64. The average Bonchev–Trinajstić information content (AvgIpc) is 3.09. The van der Waals surface area contributed by atoms with Crippen LogP contribution in [-0.2, 0) is 4.79 Å². The molecule has 1 saturated carbocycles. The summed E-state index contributed by atoms with van der Waals surface area (Å²) in [6.07, 6.45) is 2.40. The van der Waals surface area contributed by atoms with Crippen LogP contribution in [0.2, 0.25) is 0 Å². The lowest BCUT2D eigenvalue weighted by molar-refractivity contribution is -0.115. The number of anilines is 1. The standard InChI is InChI=1S/C12H14F2N2O.ClH/c13-9-2-1-3-10(12(9)14)16-11(17)7-15-6-8-4-5-8;/h1-3,8,15H,4-7H2,(H,16,17);1H. The predicted molar refractivity (Wildman–Crippen MR) is 67.8 cm³/mol. The molecule has 3 nitrogen and oxygen atoms in total. The quantitative estimate of drug-likeness (QED) is 0.867. The van der Waals surface area contributed by atoms with Gasteiger partial charge in [0.2, 0.25) is 5.91 Å². The Morgan fingerprint density at radius 3 is 2.72 bits per heavy atom. The van der Waals surface area contributed by atoms with Crippen molar-refractivity contribution in [3.8, 4) is 0 Å². The van der Waals surface area contributed by atoms with Crippen LogP contribution >= 0.6 is 12.4 Å². The van der Waals surface area contributed by atoms with Crippen LogP contribution in [0.15, 0.2) is 18.2 Å². The van der Waals surface area contributed by atoms with E-state index in [-0.39, 0.29) is 30.5 Å². The van der Waals surface area contributed by atoms with Gasteiger partial charge >= 0.3 is 0 Å². The predicted octanol–water partition coefficient (Wildman–Crippen LogP) is 2.32. The molecule has 1 fully saturated rings. The van der Waals surface area contributed by atoms with Gasteiger partial charge in [0.1, 0.15) is 0 Å². The molecule has 1 aromatic rings. The molecule has 0 aromatic heterocycles. The van der Waals surface area contributed by atoms with Gasteiger partial charge in [-0.3, -0.25) is 4.79 Å². The fourth-order valence-electron chi connectivity index (χ4n) is 1.51. The number of amides is 1. The molecule has 1 amide bonds. The summed E-state index contributed by atoms with van der Waals surface area (Å²) in [6, 6.07) is 3.69. The van der Waals surface area contributed by atoms with Gasteiger partial charge in [-0.15, -0.1) is 12.4 Å². The van der Waals surface area contributed by atoms with Gasteiger partial charge < -0.3 is 10.6 Å². The van der Waals surface area contributed by atoms with Crippen molar-refractivity contribution in [1.82, 2.24) is 5.32 Å². The smallest absolute Gasteiger partial charge is 0.238 e. The first-order valence-corrected chi connectivity index (χ1v) is 5.61. The van der Waals surface area contributed by atoms with E-state index in [1.807, 2.05) is 0 Å². The maximum Gasteiger partial charge on any atom is 0.238 e. The minimum absolute atomic E-state index is 0. The van der Waals surface area contributed by atoms with Crippen molar-refractivity contribution < 1.29 is 13.6 Å². The summed E-state index contributed by atoms with van der Waals surface area (Å²) in [5, 5.41) is 5.30. The lowest BCUT2D eigenvalue weighted by Gasteiger charge is -2.07. The highest BCUT2D eigenvalue weighted by molar-refractivity contribution is 5.92. The number of hydrogen-bond acceptors (Lipinski definition) is 2. The number of carbonyl (C=O) groups is 1. The number of carbonyl (C=O) groups excluding carboxylic acids is 1. The second-order valence-electron chi connectivity index (χ2n) is 4.22. The van der Waals surface area contributed by atoms with Crippen LogP contribution in [-0.4, -0.2) is 19.0 Å². The minimum Gasteiger partial charge on any atom is -0.322 e. The lowest BCUT2D eigenvalue weighted by atomic mass is 10.3. The molecule has 1 aromatic carbocycles. The van der Waals surface area contributed by atoms with Gasteiger partial charge in [0.15, 0.2) is 11.6 Å². The lowest BCUT2D eigenvalue weighted by Crippen LogP contribution is -2.29. The molecule has 1 aliphatic carbocycles. The molecule has 100 valence electrons. The molecule has 0 bridgehead atoms. The SMILES string of the molecule is Cl.O=C(CNCC1CC1)Nc1cccc(F)c1F. The Hall–Kier alpha value is -1.20. The Kier molecular flexibility index (Phi) is 5.50. The van der Waals surface area contributed by atoms with E-state index in [1.54, 1.807) is 0 Å². The summed E-state index contributed by atoms with van der Waals surface area (Å²) in [5.74, 6) is -1.68. The molecular formula is C12H15ClF2N2O. The Bertz CT molecular complexity index is 425. The molecule has 0 saturated heterocycles. The number of halogens is 3. The van der Waals surface area contributed by atoms with Gasteiger partial charge in [-0.2, -0.15) is 0 Å². The first-order chi connectivity index (χ1) is 8.16. The van der Waals surface area contributed by atoms with E-state index in [0.717, 1.165) is 12.6 Å². The monoisotopic (exact) mass is 276 g/mol. The molecule has 0 radical (unpaired) electrons. The minimum atomic E-state index is -1.02. The maximum absolute atomic E-state index is 13.2. The third kappa shape index (κ3) is 4.23. The summed E-state index contributed by atoms with van der Waals surface area (Å²) in [7, 11) is 0. The average molecular weight is 277 g/mol. The molecule has 0 heterocycles. The summed E-state index contributed by atoms with van der Waals surface area (Å²) in [4.78, 5) is 11.4. The molecule has 0 spiro atoms. The largest absolute Gasteiger partial charge is 0.322 e. The highest BCUT2D eigenvalue weighted by Crippen LogP contribution is 2.27. The number of nitrogens with one attached hydrogen (secondary N) is 2. The van der Waals surface area contributed by atoms with Gasteiger partial charge in [0.05, 0.1) is 12.2 Å². The van der Waals surface area contributed by atoms with Crippen molar-refractivity contribution in [2.24, 2.45) is 5.92 Å². The molecule has 2 N–H and O–H groups in total. The van der Waals surface area contributed by atoms with Crippen molar-refractivity contribution in [1.29, 1.82) is 0 Å². The van der Waals surface area contributed by atoms with E-state index in [4.69, 9.17) is 0 Å². The van der Waals surface area contributed by atoms with Gasteiger partial charge in [-0.05, 0) is 37.4 Å². The van der Waals surface area contributed by atoms with Crippen LogP contribution in [0.1, 0.15) is 12.8 Å². The van der Waals surface area contributed by atoms with E-state index in [2.05, 4.69) is 10.6 Å². The topological polar surface area (TPSA) is 41.1 Å². The van der Waals surface area contributed by atoms with Crippen molar-refractivity contribution >= 4 is 24.0 Å². The van der Waals surface area contributed by atoms with E-state index in [0.29, 0.717) is 5.92 Å². The molecule has 0 atom stereocenters. The Balaban J connectivity index is 0.00000162. The van der Waals surface area contributed by atoms with E-state index in [1.165, 1.54) is 25.0 Å². The Morgan fingerprint density at radius 1 is 1.33 bits per heavy atom. The summed E-state index contributed by atoms with van der Waals surface area (Å²) >= 11 is 0. The molecule has 6 heteroatoms.